The average molecular weight is 584 g/mol. The number of hydrogen-bond acceptors (Lipinski definition) is 7. The van der Waals surface area contributed by atoms with E-state index in [1.165, 1.54) is 0 Å². The fourth-order valence-electron chi connectivity index (χ4n) is 4.58. The smallest absolute Gasteiger partial charge is 0.417 e. The van der Waals surface area contributed by atoms with Crippen molar-refractivity contribution in [1.82, 2.24) is 20.5 Å². The number of aromatic nitrogens is 3. The van der Waals surface area contributed by atoms with Crippen LogP contribution in [-0.4, -0.2) is 57.7 Å². The quantitative estimate of drug-likeness (QED) is 0.185. The van der Waals surface area contributed by atoms with Gasteiger partial charge in [-0.2, -0.15) is 36.4 Å². The number of aromatic hydroxyl groups is 1. The summed E-state index contributed by atoms with van der Waals surface area (Å²) in [5, 5.41) is 31.6. The number of aromatic amines is 1. The summed E-state index contributed by atoms with van der Waals surface area (Å²) in [6.07, 6.45) is -8.93. The number of H-pyrrole nitrogens is 1. The molecule has 1 aliphatic rings. The van der Waals surface area contributed by atoms with Crippen LogP contribution in [0.25, 0.3) is 22.6 Å². The van der Waals surface area contributed by atoms with Crippen molar-refractivity contribution in [3.8, 4) is 5.88 Å². The first-order valence-corrected chi connectivity index (χ1v) is 12.9. The van der Waals surface area contributed by atoms with Crippen LogP contribution in [0.15, 0.2) is 36.4 Å². The van der Waals surface area contributed by atoms with Crippen LogP contribution >= 0.6 is 11.3 Å². The predicted octanol–water partition coefficient (Wildman–Crippen LogP) is 5.43. The highest BCUT2D eigenvalue weighted by molar-refractivity contribution is 7.17. The molecular weight excluding hydrogens is 560 g/mol. The number of hydrogen-bond donors (Lipinski definition) is 4. The molecule has 0 saturated carbocycles. The van der Waals surface area contributed by atoms with Crippen LogP contribution in [0.4, 0.5) is 31.5 Å². The largest absolute Gasteiger partial charge is 0.492 e. The first-order valence-electron chi connectivity index (χ1n) is 12.1. The molecule has 7 nitrogen and oxygen atoms in total. The van der Waals surface area contributed by atoms with Gasteiger partial charge in [0.05, 0.1) is 23.3 Å². The Morgan fingerprint density at radius 1 is 1.12 bits per heavy atom. The van der Waals surface area contributed by atoms with E-state index in [1.807, 2.05) is 4.90 Å². The Bertz CT molecular complexity index is 1580. The summed E-state index contributed by atoms with van der Waals surface area (Å²) < 4.78 is 81.8. The van der Waals surface area contributed by atoms with E-state index in [0.29, 0.717) is 53.0 Å². The second-order valence-corrected chi connectivity index (χ2v) is 10.3. The molecule has 1 fully saturated rings. The van der Waals surface area contributed by atoms with Crippen LogP contribution in [0.1, 0.15) is 32.8 Å². The van der Waals surface area contributed by atoms with E-state index in [-0.39, 0.29) is 29.2 Å². The molecule has 0 radical (unpaired) electrons. The molecule has 0 aliphatic carbocycles. The van der Waals surface area contributed by atoms with E-state index in [0.717, 1.165) is 23.5 Å². The minimum absolute atomic E-state index is 0.0839. The Hall–Kier alpha value is -3.62. The topological polar surface area (TPSA) is 97.3 Å². The molecule has 0 bridgehead atoms. The zero-order valence-corrected chi connectivity index (χ0v) is 21.7. The van der Waals surface area contributed by atoms with Crippen LogP contribution in [-0.2, 0) is 12.4 Å². The van der Waals surface area contributed by atoms with Crippen LogP contribution in [0, 0.1) is 6.92 Å². The van der Waals surface area contributed by atoms with Gasteiger partial charge in [0.15, 0.2) is 5.13 Å². The van der Waals surface area contributed by atoms with Gasteiger partial charge >= 0.3 is 12.4 Å². The Morgan fingerprint density at radius 3 is 2.60 bits per heavy atom. The highest BCUT2D eigenvalue weighted by Gasteiger charge is 2.38. The van der Waals surface area contributed by atoms with Crippen LogP contribution in [0.3, 0.4) is 0 Å². The molecule has 5 rings (SSSR count). The van der Waals surface area contributed by atoms with Crippen molar-refractivity contribution >= 4 is 39.0 Å². The van der Waals surface area contributed by atoms with E-state index in [4.69, 9.17) is 0 Å². The summed E-state index contributed by atoms with van der Waals surface area (Å²) in [4.78, 5) is 6.22. The SMILES string of the molecule is Cc1[nH]nc2ccc(C(=Cc3ccc(C(F)(F)F)cc3C(F)(F)F)c3sc(N4CCN[C@@H](CO)C4)nc3O)cc12. The standard InChI is InChI=1S/C26H23F6N5O2S/c1-13-18-8-14(3-5-21(18)36-35-13)19(9-15-2-4-16(25(27,28)29)10-20(15)26(30,31)32)22-23(39)34-24(40-22)37-7-6-33-17(11-37)12-38/h2-5,8-10,17,33,38-39H,6-7,11-12H2,1H3,(H,35,36)/t17-/m1/s1. The molecule has 4 aromatic rings. The van der Waals surface area contributed by atoms with Crippen molar-refractivity contribution < 1.29 is 36.6 Å². The molecular formula is C26H23F6N5O2S. The molecule has 14 heteroatoms. The summed E-state index contributed by atoms with van der Waals surface area (Å²) in [7, 11) is 0. The molecule has 1 saturated heterocycles. The molecule has 3 heterocycles. The van der Waals surface area contributed by atoms with E-state index in [1.54, 1.807) is 25.1 Å². The number of nitrogens with zero attached hydrogens (tertiary/aromatic N) is 3. The second-order valence-electron chi connectivity index (χ2n) is 9.36. The number of benzene rings is 2. The summed E-state index contributed by atoms with van der Waals surface area (Å²) in [6.45, 7) is 3.09. The summed E-state index contributed by atoms with van der Waals surface area (Å²) in [6, 6.07) is 6.16. The number of alkyl halides is 6. The monoisotopic (exact) mass is 583 g/mol. The number of rotatable bonds is 5. The van der Waals surface area contributed by atoms with Crippen molar-refractivity contribution in [1.29, 1.82) is 0 Å². The van der Waals surface area contributed by atoms with Gasteiger partial charge in [-0.1, -0.05) is 23.5 Å². The summed E-state index contributed by atoms with van der Waals surface area (Å²) in [5.41, 5.74) is -1.53. The molecule has 4 N–H and O–H groups in total. The van der Waals surface area contributed by atoms with Gasteiger partial charge in [0.25, 0.3) is 0 Å². The fraction of sp³-hybridized carbons (Fsp3) is 0.308. The number of halogens is 6. The number of aliphatic hydroxyl groups excluding tert-OH is 1. The third-order valence-corrected chi connectivity index (χ3v) is 7.77. The van der Waals surface area contributed by atoms with E-state index < -0.39 is 34.9 Å². The van der Waals surface area contributed by atoms with Crippen LogP contribution in [0.2, 0.25) is 0 Å². The minimum Gasteiger partial charge on any atom is -0.492 e. The molecule has 0 amide bonds. The van der Waals surface area contributed by atoms with Gasteiger partial charge in [0, 0.05) is 42.3 Å². The number of nitrogens with one attached hydrogen (secondary N) is 2. The molecule has 2 aromatic carbocycles. The maximum absolute atomic E-state index is 14.0. The third kappa shape index (κ3) is 5.51. The second kappa shape index (κ2) is 10.4. The third-order valence-electron chi connectivity index (χ3n) is 6.63. The lowest BCUT2D eigenvalue weighted by atomic mass is 9.96. The minimum atomic E-state index is -5.08. The number of aryl methyl sites for hydroxylation is 1. The maximum atomic E-state index is 14.0. The molecule has 0 unspecified atom stereocenters. The number of aliphatic hydroxyl groups is 1. The van der Waals surface area contributed by atoms with Crippen LogP contribution in [0.5, 0.6) is 5.88 Å². The van der Waals surface area contributed by atoms with Gasteiger partial charge < -0.3 is 20.4 Å². The highest BCUT2D eigenvalue weighted by Crippen LogP contribution is 2.43. The molecule has 212 valence electrons. The molecule has 0 spiro atoms. The Labute approximate surface area is 227 Å². The lowest BCUT2D eigenvalue weighted by Gasteiger charge is -2.32. The van der Waals surface area contributed by atoms with Crippen molar-refractivity contribution in [3.05, 3.63) is 69.2 Å². The van der Waals surface area contributed by atoms with Gasteiger partial charge in [-0.05, 0) is 48.4 Å². The average Bonchev–Trinajstić information content (AvgIpc) is 3.48. The molecule has 2 aromatic heterocycles. The Morgan fingerprint density at radius 2 is 1.90 bits per heavy atom. The van der Waals surface area contributed by atoms with Crippen molar-refractivity contribution in [2.24, 2.45) is 0 Å². The predicted molar refractivity (Wildman–Crippen MR) is 139 cm³/mol. The van der Waals surface area contributed by atoms with Crippen LogP contribution < -0.4 is 10.2 Å². The normalized spacial score (nSPS) is 17.1. The number of fused-ring (bicyclic) bond motifs is 1. The van der Waals surface area contributed by atoms with Crippen molar-refractivity contribution in [3.63, 3.8) is 0 Å². The van der Waals surface area contributed by atoms with Gasteiger partial charge in [-0.25, -0.2) is 0 Å². The lowest BCUT2D eigenvalue weighted by Crippen LogP contribution is -2.52. The first kappa shape index (κ1) is 27.9. The van der Waals surface area contributed by atoms with E-state index in [2.05, 4.69) is 20.5 Å². The number of anilines is 1. The summed E-state index contributed by atoms with van der Waals surface area (Å²) in [5.74, 6) is -0.435. The zero-order chi connectivity index (χ0) is 28.8. The maximum Gasteiger partial charge on any atom is 0.417 e. The lowest BCUT2D eigenvalue weighted by molar-refractivity contribution is -0.143. The Kier molecular flexibility index (Phi) is 7.27. The first-order chi connectivity index (χ1) is 18.8. The Balaban J connectivity index is 1.69. The molecule has 40 heavy (non-hydrogen) atoms. The summed E-state index contributed by atoms with van der Waals surface area (Å²) >= 11 is 1.04. The number of piperazine rings is 1. The fourth-order valence-corrected chi connectivity index (χ4v) is 5.61. The van der Waals surface area contributed by atoms with E-state index >= 15 is 0 Å². The van der Waals surface area contributed by atoms with Crippen molar-refractivity contribution in [2.45, 2.75) is 25.3 Å². The van der Waals surface area contributed by atoms with E-state index in [9.17, 15) is 36.6 Å². The van der Waals surface area contributed by atoms with Crippen molar-refractivity contribution in [2.75, 3.05) is 31.1 Å². The van der Waals surface area contributed by atoms with Gasteiger partial charge in [-0.3, -0.25) is 5.10 Å². The van der Waals surface area contributed by atoms with Gasteiger partial charge in [0.1, 0.15) is 4.88 Å². The van der Waals surface area contributed by atoms with Gasteiger partial charge in [0.2, 0.25) is 5.88 Å². The number of thiazole rings is 1. The highest BCUT2D eigenvalue weighted by atomic mass is 32.1. The molecule has 1 atom stereocenters. The zero-order valence-electron chi connectivity index (χ0n) is 20.9. The molecule has 1 aliphatic heterocycles. The van der Waals surface area contributed by atoms with Gasteiger partial charge in [-0.15, -0.1) is 0 Å².